The van der Waals surface area contributed by atoms with Crippen LogP contribution in [-0.4, -0.2) is 22.2 Å². The van der Waals surface area contributed by atoms with Crippen LogP contribution in [0.4, 0.5) is 0 Å². The maximum atomic E-state index is 9.69. The molecule has 0 radical (unpaired) electrons. The third kappa shape index (κ3) is 3.32. The molecular formula is C22H20N4OS. The Kier molecular flexibility index (Phi) is 5.23. The van der Waals surface area contributed by atoms with Crippen LogP contribution < -0.4 is 4.74 Å². The molecule has 1 aliphatic carbocycles. The predicted octanol–water partition coefficient (Wildman–Crippen LogP) is 5.04. The molecule has 0 aliphatic heterocycles. The van der Waals surface area contributed by atoms with Crippen molar-refractivity contribution in [2.24, 2.45) is 5.92 Å². The van der Waals surface area contributed by atoms with E-state index in [1.165, 1.54) is 37.4 Å². The van der Waals surface area contributed by atoms with Crippen LogP contribution in [0.3, 0.4) is 0 Å². The topological polar surface area (TPSA) is 74.1 Å². The number of fused-ring (bicyclic) bond motifs is 1. The monoisotopic (exact) mass is 388 g/mol. The molecule has 1 aromatic carbocycles. The van der Waals surface area contributed by atoms with Gasteiger partial charge in [-0.15, -0.1) is 11.8 Å². The summed E-state index contributed by atoms with van der Waals surface area (Å²) in [5.74, 6) is 1.18. The van der Waals surface area contributed by atoms with Crippen LogP contribution in [0, 0.1) is 28.6 Å². The zero-order valence-electron chi connectivity index (χ0n) is 15.7. The molecule has 0 atom stereocenters. The number of pyridine rings is 1. The summed E-state index contributed by atoms with van der Waals surface area (Å²) in [6.07, 6.45) is 8.62. The molecule has 1 fully saturated rings. The Labute approximate surface area is 168 Å². The normalized spacial score (nSPS) is 14.1. The SMILES string of the molecule is CSc1cc(-c2cnc3cccc(C#N)n23)cc(OCC2CCCC2)c1C#N. The Morgan fingerprint density at radius 1 is 1.21 bits per heavy atom. The highest BCUT2D eigenvalue weighted by Gasteiger charge is 2.19. The molecule has 5 nitrogen and oxygen atoms in total. The van der Waals surface area contributed by atoms with Crippen LogP contribution in [0.15, 0.2) is 41.4 Å². The minimum atomic E-state index is 0.522. The number of imidazole rings is 1. The number of nitrogens with zero attached hydrogens (tertiary/aromatic N) is 4. The molecule has 3 aromatic rings. The molecular weight excluding hydrogens is 368 g/mol. The molecule has 140 valence electrons. The lowest BCUT2D eigenvalue weighted by atomic mass is 10.1. The number of benzene rings is 1. The molecule has 0 amide bonds. The first-order chi connectivity index (χ1) is 13.7. The Hall–Kier alpha value is -2.96. The van der Waals surface area contributed by atoms with Gasteiger partial charge in [0, 0.05) is 10.5 Å². The van der Waals surface area contributed by atoms with E-state index in [-0.39, 0.29) is 0 Å². The van der Waals surface area contributed by atoms with Gasteiger partial charge < -0.3 is 4.74 Å². The summed E-state index contributed by atoms with van der Waals surface area (Å²) in [5, 5.41) is 19.2. The first kappa shape index (κ1) is 18.4. The second-order valence-corrected chi connectivity index (χ2v) is 7.83. The van der Waals surface area contributed by atoms with Crippen molar-refractivity contribution in [1.29, 1.82) is 10.5 Å². The Bertz CT molecular complexity index is 1100. The van der Waals surface area contributed by atoms with Crippen LogP contribution in [0.25, 0.3) is 16.9 Å². The number of rotatable bonds is 5. The Balaban J connectivity index is 1.81. The average Bonchev–Trinajstić information content (AvgIpc) is 3.41. The molecule has 2 aromatic heterocycles. The summed E-state index contributed by atoms with van der Waals surface area (Å²) in [6, 6.07) is 13.9. The zero-order valence-corrected chi connectivity index (χ0v) is 16.5. The quantitative estimate of drug-likeness (QED) is 0.573. The minimum absolute atomic E-state index is 0.522. The summed E-state index contributed by atoms with van der Waals surface area (Å²) in [4.78, 5) is 5.31. The lowest BCUT2D eigenvalue weighted by Crippen LogP contribution is -2.09. The van der Waals surface area contributed by atoms with Crippen molar-refractivity contribution >= 4 is 17.4 Å². The molecule has 0 saturated heterocycles. The van der Waals surface area contributed by atoms with Gasteiger partial charge in [-0.2, -0.15) is 10.5 Å². The van der Waals surface area contributed by atoms with Crippen molar-refractivity contribution < 1.29 is 4.74 Å². The van der Waals surface area contributed by atoms with Crippen molar-refractivity contribution in [2.45, 2.75) is 30.6 Å². The van der Waals surface area contributed by atoms with E-state index in [0.717, 1.165) is 21.8 Å². The van der Waals surface area contributed by atoms with Crippen molar-refractivity contribution in [2.75, 3.05) is 12.9 Å². The van der Waals surface area contributed by atoms with Gasteiger partial charge in [-0.25, -0.2) is 4.98 Å². The maximum absolute atomic E-state index is 9.69. The second-order valence-electron chi connectivity index (χ2n) is 6.98. The summed E-state index contributed by atoms with van der Waals surface area (Å²) in [5.41, 5.74) is 3.52. The molecule has 0 N–H and O–H groups in total. The molecule has 0 spiro atoms. The third-order valence-corrected chi connectivity index (χ3v) is 6.05. The molecule has 0 unspecified atom stereocenters. The standard InChI is InChI=1S/C22H20N4OS/c1-28-21-10-16(19-13-25-22-8-4-7-17(11-23)26(19)22)9-20(18(21)12-24)27-14-15-5-2-3-6-15/h4,7-10,13,15H,2-3,5-6,14H2,1H3. The largest absolute Gasteiger partial charge is 0.492 e. The van der Waals surface area contributed by atoms with Gasteiger partial charge >= 0.3 is 0 Å². The fourth-order valence-corrected chi connectivity index (χ4v) is 4.43. The van der Waals surface area contributed by atoms with Gasteiger partial charge in [0.15, 0.2) is 0 Å². The first-order valence-corrected chi connectivity index (χ1v) is 10.6. The highest BCUT2D eigenvalue weighted by atomic mass is 32.2. The first-order valence-electron chi connectivity index (χ1n) is 9.37. The van der Waals surface area contributed by atoms with E-state index in [4.69, 9.17) is 4.74 Å². The van der Waals surface area contributed by atoms with Gasteiger partial charge in [0.05, 0.1) is 18.5 Å². The predicted molar refractivity (Wildman–Crippen MR) is 109 cm³/mol. The van der Waals surface area contributed by atoms with E-state index in [9.17, 15) is 10.5 Å². The minimum Gasteiger partial charge on any atom is -0.492 e. The zero-order chi connectivity index (χ0) is 19.5. The van der Waals surface area contributed by atoms with E-state index >= 15 is 0 Å². The van der Waals surface area contributed by atoms with Crippen LogP contribution in [0.2, 0.25) is 0 Å². The van der Waals surface area contributed by atoms with Crippen molar-refractivity contribution in [3.05, 3.63) is 47.8 Å². The fraction of sp³-hybridized carbons (Fsp3) is 0.318. The molecule has 28 heavy (non-hydrogen) atoms. The van der Waals surface area contributed by atoms with Gasteiger partial charge in [-0.05, 0) is 49.3 Å². The highest BCUT2D eigenvalue weighted by Crippen LogP contribution is 2.36. The van der Waals surface area contributed by atoms with Crippen molar-refractivity contribution in [1.82, 2.24) is 9.38 Å². The van der Waals surface area contributed by atoms with Crippen molar-refractivity contribution in [3.8, 4) is 29.1 Å². The molecule has 6 heteroatoms. The molecule has 1 saturated carbocycles. The van der Waals surface area contributed by atoms with Gasteiger partial charge in [0.1, 0.15) is 34.8 Å². The number of aromatic nitrogens is 2. The highest BCUT2D eigenvalue weighted by molar-refractivity contribution is 7.98. The van der Waals surface area contributed by atoms with E-state index < -0.39 is 0 Å². The van der Waals surface area contributed by atoms with Crippen LogP contribution in [0.1, 0.15) is 36.9 Å². The van der Waals surface area contributed by atoms with E-state index in [0.29, 0.717) is 29.5 Å². The number of hydrogen-bond acceptors (Lipinski definition) is 5. The maximum Gasteiger partial charge on any atom is 0.138 e. The average molecular weight is 388 g/mol. The van der Waals surface area contributed by atoms with Gasteiger partial charge in [-0.1, -0.05) is 18.9 Å². The van der Waals surface area contributed by atoms with E-state index in [1.807, 2.05) is 34.9 Å². The van der Waals surface area contributed by atoms with Gasteiger partial charge in [0.2, 0.25) is 0 Å². The molecule has 0 bridgehead atoms. The van der Waals surface area contributed by atoms with Crippen molar-refractivity contribution in [3.63, 3.8) is 0 Å². The molecule has 4 rings (SSSR count). The van der Waals surface area contributed by atoms with Crippen LogP contribution in [-0.2, 0) is 0 Å². The Morgan fingerprint density at radius 2 is 2.04 bits per heavy atom. The number of thioether (sulfide) groups is 1. The summed E-state index contributed by atoms with van der Waals surface area (Å²) < 4.78 is 7.97. The van der Waals surface area contributed by atoms with E-state index in [1.54, 1.807) is 12.3 Å². The lowest BCUT2D eigenvalue weighted by molar-refractivity contribution is 0.251. The third-order valence-electron chi connectivity index (χ3n) is 5.29. The number of ether oxygens (including phenoxy) is 1. The smallest absolute Gasteiger partial charge is 0.138 e. The van der Waals surface area contributed by atoms with E-state index in [2.05, 4.69) is 17.1 Å². The molecule has 2 heterocycles. The van der Waals surface area contributed by atoms with Gasteiger partial charge in [0.25, 0.3) is 0 Å². The van der Waals surface area contributed by atoms with Crippen LogP contribution in [0.5, 0.6) is 5.75 Å². The second kappa shape index (κ2) is 7.96. The summed E-state index contributed by atoms with van der Waals surface area (Å²) in [7, 11) is 0. The van der Waals surface area contributed by atoms with Crippen LogP contribution >= 0.6 is 11.8 Å². The summed E-state index contributed by atoms with van der Waals surface area (Å²) in [6.45, 7) is 0.641. The fourth-order valence-electron chi connectivity index (χ4n) is 3.84. The number of nitriles is 2. The van der Waals surface area contributed by atoms with Gasteiger partial charge in [-0.3, -0.25) is 4.40 Å². The molecule has 1 aliphatic rings. The summed E-state index contributed by atoms with van der Waals surface area (Å²) >= 11 is 1.52. The Morgan fingerprint density at radius 3 is 2.75 bits per heavy atom. The number of hydrogen-bond donors (Lipinski definition) is 0. The lowest BCUT2D eigenvalue weighted by Gasteiger charge is -2.16.